The van der Waals surface area contributed by atoms with E-state index in [1.807, 2.05) is 13.8 Å². The molecule has 1 aliphatic heterocycles. The van der Waals surface area contributed by atoms with Crippen molar-refractivity contribution in [2.45, 2.75) is 20.5 Å². The molecule has 162 valence electrons. The van der Waals surface area contributed by atoms with E-state index in [-0.39, 0.29) is 18.1 Å². The number of amides is 1. The smallest absolute Gasteiger partial charge is 0.335 e. The lowest BCUT2D eigenvalue weighted by molar-refractivity contribution is -0.121. The van der Waals surface area contributed by atoms with Crippen LogP contribution in [0.3, 0.4) is 0 Å². The first-order chi connectivity index (χ1) is 14.8. The van der Waals surface area contributed by atoms with Crippen LogP contribution in [0.15, 0.2) is 41.3 Å². The Morgan fingerprint density at radius 2 is 2.03 bits per heavy atom. The molecule has 0 unspecified atom stereocenters. The second-order valence-electron chi connectivity index (χ2n) is 6.48. The topological polar surface area (TPSA) is 76.1 Å². The highest BCUT2D eigenvalue weighted by Gasteiger charge is 2.30. The standard InChI is InChI=1S/C22H20ClNO5S2/c1-3-24-20(25)18(31-22(24)30)11-14-9-16(23)19(17(10-14)28-4-2)29-12-13-6-5-7-15(8-13)21(26)27/h5-11H,3-4,12H2,1-2H3,(H,26,27). The Morgan fingerprint density at radius 1 is 1.26 bits per heavy atom. The quantitative estimate of drug-likeness (QED) is 0.411. The summed E-state index contributed by atoms with van der Waals surface area (Å²) in [4.78, 5) is 25.7. The fourth-order valence-corrected chi connectivity index (χ4v) is 4.61. The van der Waals surface area contributed by atoms with Crippen molar-refractivity contribution >= 4 is 57.9 Å². The molecular weight excluding hydrogens is 458 g/mol. The lowest BCUT2D eigenvalue weighted by Crippen LogP contribution is -2.27. The Morgan fingerprint density at radius 3 is 2.68 bits per heavy atom. The van der Waals surface area contributed by atoms with E-state index in [9.17, 15) is 9.59 Å². The number of benzene rings is 2. The van der Waals surface area contributed by atoms with Crippen LogP contribution in [0.25, 0.3) is 6.08 Å². The summed E-state index contributed by atoms with van der Waals surface area (Å²) in [7, 11) is 0. The Hall–Kier alpha value is -2.55. The highest BCUT2D eigenvalue weighted by atomic mass is 35.5. The Kier molecular flexibility index (Phi) is 7.59. The second kappa shape index (κ2) is 10.2. The molecule has 0 aromatic heterocycles. The average Bonchev–Trinajstić information content (AvgIpc) is 3.00. The van der Waals surface area contributed by atoms with Crippen molar-refractivity contribution in [1.29, 1.82) is 0 Å². The maximum atomic E-state index is 12.5. The van der Waals surface area contributed by atoms with Crippen LogP contribution in [-0.2, 0) is 11.4 Å². The van der Waals surface area contributed by atoms with E-state index < -0.39 is 5.97 Å². The molecule has 9 heteroatoms. The van der Waals surface area contributed by atoms with Crippen molar-refractivity contribution in [2.24, 2.45) is 0 Å². The minimum atomic E-state index is -1.01. The number of halogens is 1. The fourth-order valence-electron chi connectivity index (χ4n) is 2.95. The van der Waals surface area contributed by atoms with Gasteiger partial charge >= 0.3 is 5.97 Å². The minimum absolute atomic E-state index is 0.120. The highest BCUT2D eigenvalue weighted by Crippen LogP contribution is 2.39. The molecular formula is C22H20ClNO5S2. The molecule has 0 radical (unpaired) electrons. The van der Waals surface area contributed by atoms with Gasteiger partial charge in [0.1, 0.15) is 10.9 Å². The number of carbonyl (C=O) groups excluding carboxylic acids is 1. The van der Waals surface area contributed by atoms with Gasteiger partial charge in [0.15, 0.2) is 11.5 Å². The molecule has 31 heavy (non-hydrogen) atoms. The Labute approximate surface area is 194 Å². The first-order valence-electron chi connectivity index (χ1n) is 9.50. The van der Waals surface area contributed by atoms with E-state index in [1.165, 1.54) is 17.8 Å². The van der Waals surface area contributed by atoms with Crippen molar-refractivity contribution in [2.75, 3.05) is 13.2 Å². The van der Waals surface area contributed by atoms with E-state index in [4.69, 9.17) is 38.4 Å². The summed E-state index contributed by atoms with van der Waals surface area (Å²) in [5.41, 5.74) is 1.55. The zero-order valence-electron chi connectivity index (χ0n) is 16.9. The number of thiocarbonyl (C=S) groups is 1. The van der Waals surface area contributed by atoms with Crippen molar-refractivity contribution in [3.63, 3.8) is 0 Å². The monoisotopic (exact) mass is 477 g/mol. The lowest BCUT2D eigenvalue weighted by Gasteiger charge is -2.15. The number of thioether (sulfide) groups is 1. The summed E-state index contributed by atoms with van der Waals surface area (Å²) in [6.07, 6.45) is 1.73. The third kappa shape index (κ3) is 5.39. The minimum Gasteiger partial charge on any atom is -0.490 e. The molecule has 2 aromatic rings. The first kappa shape index (κ1) is 23.1. The number of carboxylic acid groups (broad SMARTS) is 1. The number of carboxylic acids is 1. The zero-order chi connectivity index (χ0) is 22.5. The number of ether oxygens (including phenoxy) is 2. The number of hydrogen-bond acceptors (Lipinski definition) is 6. The largest absolute Gasteiger partial charge is 0.490 e. The number of likely N-dealkylation sites (N-methyl/N-ethyl adjacent to an activating group) is 1. The van der Waals surface area contributed by atoms with Gasteiger partial charge in [-0.15, -0.1) is 0 Å². The Bertz CT molecular complexity index is 1070. The summed E-state index contributed by atoms with van der Waals surface area (Å²) in [5.74, 6) is -0.359. The van der Waals surface area contributed by atoms with Crippen molar-refractivity contribution in [3.8, 4) is 11.5 Å². The van der Waals surface area contributed by atoms with Crippen LogP contribution in [0, 0.1) is 0 Å². The molecule has 0 spiro atoms. The summed E-state index contributed by atoms with van der Waals surface area (Å²) >= 11 is 13.0. The fraction of sp³-hybridized carbons (Fsp3) is 0.227. The Balaban J connectivity index is 1.86. The molecule has 0 aliphatic carbocycles. The molecule has 0 bridgehead atoms. The van der Waals surface area contributed by atoms with Crippen molar-refractivity contribution in [1.82, 2.24) is 4.90 Å². The SMILES string of the molecule is CCOc1cc(C=C2SC(=S)N(CC)C2=O)cc(Cl)c1OCc1cccc(C(=O)O)c1. The van der Waals surface area contributed by atoms with Gasteiger partial charge in [0.2, 0.25) is 0 Å². The average molecular weight is 478 g/mol. The maximum absolute atomic E-state index is 12.5. The van der Waals surface area contributed by atoms with E-state index >= 15 is 0 Å². The first-order valence-corrected chi connectivity index (χ1v) is 11.1. The van der Waals surface area contributed by atoms with Gasteiger partial charge in [0.25, 0.3) is 5.91 Å². The van der Waals surface area contributed by atoms with Gasteiger partial charge in [-0.1, -0.05) is 47.7 Å². The lowest BCUT2D eigenvalue weighted by atomic mass is 10.1. The molecule has 1 N–H and O–H groups in total. The molecule has 0 saturated carbocycles. The number of rotatable bonds is 8. The zero-order valence-corrected chi connectivity index (χ0v) is 19.3. The maximum Gasteiger partial charge on any atom is 0.335 e. The van der Waals surface area contributed by atoms with E-state index in [1.54, 1.807) is 41.3 Å². The molecule has 1 amide bonds. The van der Waals surface area contributed by atoms with Crippen molar-refractivity contribution < 1.29 is 24.2 Å². The van der Waals surface area contributed by atoms with Crippen LogP contribution < -0.4 is 9.47 Å². The predicted molar refractivity (Wildman–Crippen MR) is 126 cm³/mol. The van der Waals surface area contributed by atoms with Gasteiger partial charge in [-0.05, 0) is 55.3 Å². The van der Waals surface area contributed by atoms with Crippen LogP contribution in [-0.4, -0.2) is 39.4 Å². The van der Waals surface area contributed by atoms with E-state index in [2.05, 4.69) is 0 Å². The number of nitrogens with zero attached hydrogens (tertiary/aromatic N) is 1. The van der Waals surface area contributed by atoms with Crippen LogP contribution in [0.4, 0.5) is 0 Å². The van der Waals surface area contributed by atoms with Gasteiger partial charge in [0.05, 0.1) is 22.1 Å². The van der Waals surface area contributed by atoms with E-state index in [0.717, 1.165) is 0 Å². The number of carbonyl (C=O) groups is 2. The van der Waals surface area contributed by atoms with Crippen LogP contribution >= 0.6 is 35.6 Å². The molecule has 2 aromatic carbocycles. The van der Waals surface area contributed by atoms with Crippen LogP contribution in [0.2, 0.25) is 5.02 Å². The van der Waals surface area contributed by atoms with Gasteiger partial charge in [-0.2, -0.15) is 0 Å². The van der Waals surface area contributed by atoms with Gasteiger partial charge in [-0.25, -0.2) is 4.79 Å². The molecule has 6 nitrogen and oxygen atoms in total. The summed E-state index contributed by atoms with van der Waals surface area (Å²) < 4.78 is 12.1. The molecule has 1 aliphatic rings. The van der Waals surface area contributed by atoms with Crippen LogP contribution in [0.1, 0.15) is 35.3 Å². The second-order valence-corrected chi connectivity index (χ2v) is 8.57. The third-order valence-electron chi connectivity index (χ3n) is 4.38. The molecule has 1 heterocycles. The third-order valence-corrected chi connectivity index (χ3v) is 6.03. The molecule has 1 fully saturated rings. The highest BCUT2D eigenvalue weighted by molar-refractivity contribution is 8.26. The number of hydrogen-bond donors (Lipinski definition) is 1. The molecule has 0 atom stereocenters. The van der Waals surface area contributed by atoms with Gasteiger partial charge in [0, 0.05) is 6.54 Å². The summed E-state index contributed by atoms with van der Waals surface area (Å²) in [6, 6.07) is 9.91. The summed E-state index contributed by atoms with van der Waals surface area (Å²) in [5, 5.41) is 9.46. The van der Waals surface area contributed by atoms with Crippen molar-refractivity contribution in [3.05, 3.63) is 63.0 Å². The predicted octanol–water partition coefficient (Wildman–Crippen LogP) is 5.24. The van der Waals surface area contributed by atoms with Gasteiger partial charge in [-0.3, -0.25) is 9.69 Å². The van der Waals surface area contributed by atoms with Crippen LogP contribution in [0.5, 0.6) is 11.5 Å². The molecule has 1 saturated heterocycles. The van der Waals surface area contributed by atoms with Gasteiger partial charge < -0.3 is 14.6 Å². The normalized spacial score (nSPS) is 14.9. The van der Waals surface area contributed by atoms with E-state index in [0.29, 0.717) is 50.0 Å². The molecule has 3 rings (SSSR count). The summed E-state index contributed by atoms with van der Waals surface area (Å²) in [6.45, 7) is 4.74. The number of aromatic carboxylic acids is 1.